The fourth-order valence-corrected chi connectivity index (χ4v) is 1.85. The minimum absolute atomic E-state index is 0.103. The molecular formula is C18H15FN2O6. The van der Waals surface area contributed by atoms with Crippen LogP contribution in [0.15, 0.2) is 48.5 Å². The molecule has 140 valence electrons. The topological polar surface area (TPSA) is 111 Å². The summed E-state index contributed by atoms with van der Waals surface area (Å²) >= 11 is 0. The Morgan fingerprint density at radius 3 is 2.37 bits per heavy atom. The number of carbonyl (C=O) groups excluding carboxylic acids is 4. The van der Waals surface area contributed by atoms with Crippen LogP contribution in [0.1, 0.15) is 10.4 Å². The Bertz CT molecular complexity index is 838. The average molecular weight is 374 g/mol. The zero-order valence-electron chi connectivity index (χ0n) is 13.9. The third-order valence-electron chi connectivity index (χ3n) is 3.11. The van der Waals surface area contributed by atoms with Gasteiger partial charge in [0.15, 0.2) is 13.2 Å². The van der Waals surface area contributed by atoms with Gasteiger partial charge >= 0.3 is 12.0 Å². The average Bonchev–Trinajstić information content (AvgIpc) is 2.67. The van der Waals surface area contributed by atoms with Gasteiger partial charge in [0.05, 0.1) is 5.69 Å². The van der Waals surface area contributed by atoms with Gasteiger partial charge in [0.1, 0.15) is 17.9 Å². The van der Waals surface area contributed by atoms with Crippen molar-refractivity contribution in [3.63, 3.8) is 0 Å². The number of ether oxygens (including phenoxy) is 2. The predicted octanol–water partition coefficient (Wildman–Crippen LogP) is 1.91. The maximum Gasteiger partial charge on any atom is 0.344 e. The molecule has 0 saturated heterocycles. The van der Waals surface area contributed by atoms with Gasteiger partial charge in [0, 0.05) is 5.56 Å². The minimum Gasteiger partial charge on any atom is -0.482 e. The molecule has 2 aromatic carbocycles. The van der Waals surface area contributed by atoms with Crippen LogP contribution in [0.25, 0.3) is 0 Å². The molecule has 0 aliphatic carbocycles. The summed E-state index contributed by atoms with van der Waals surface area (Å²) in [5.74, 6) is -2.05. The van der Waals surface area contributed by atoms with Crippen molar-refractivity contribution in [1.82, 2.24) is 5.32 Å². The molecule has 0 unspecified atom stereocenters. The molecule has 2 rings (SSSR count). The van der Waals surface area contributed by atoms with Crippen LogP contribution in [0.4, 0.5) is 14.9 Å². The first-order valence-electron chi connectivity index (χ1n) is 7.67. The highest BCUT2D eigenvalue weighted by Crippen LogP contribution is 2.12. The maximum absolute atomic E-state index is 13.4. The molecular weight excluding hydrogens is 359 g/mol. The minimum atomic E-state index is -0.965. The number of hydrogen-bond donors (Lipinski definition) is 2. The van der Waals surface area contributed by atoms with Crippen molar-refractivity contribution in [2.24, 2.45) is 0 Å². The van der Waals surface area contributed by atoms with Gasteiger partial charge in [-0.2, -0.15) is 0 Å². The lowest BCUT2D eigenvalue weighted by Gasteiger charge is -2.09. The van der Waals surface area contributed by atoms with Gasteiger partial charge in [-0.05, 0) is 36.4 Å². The van der Waals surface area contributed by atoms with Crippen molar-refractivity contribution in [3.05, 3.63) is 59.9 Å². The van der Waals surface area contributed by atoms with Crippen molar-refractivity contribution in [1.29, 1.82) is 0 Å². The highest BCUT2D eigenvalue weighted by molar-refractivity contribution is 6.01. The first-order valence-corrected chi connectivity index (χ1v) is 7.67. The van der Waals surface area contributed by atoms with E-state index in [2.05, 4.69) is 10.1 Å². The van der Waals surface area contributed by atoms with Crippen LogP contribution in [0.5, 0.6) is 5.75 Å². The number of benzene rings is 2. The number of esters is 1. The molecule has 0 aliphatic heterocycles. The molecule has 0 radical (unpaired) electrons. The number of urea groups is 1. The Morgan fingerprint density at radius 1 is 1.00 bits per heavy atom. The SMILES string of the molecule is O=Cc1ccc(OCC(=O)OCC(=O)NC(=O)Nc2ccccc2F)cc1. The third-order valence-corrected chi connectivity index (χ3v) is 3.11. The Morgan fingerprint density at radius 2 is 1.70 bits per heavy atom. The van der Waals surface area contributed by atoms with Gasteiger partial charge in [-0.25, -0.2) is 14.0 Å². The van der Waals surface area contributed by atoms with Crippen LogP contribution in [0, 0.1) is 5.82 Å². The van der Waals surface area contributed by atoms with E-state index in [1.807, 2.05) is 5.32 Å². The molecule has 2 N–H and O–H groups in total. The van der Waals surface area contributed by atoms with Gasteiger partial charge in [0.2, 0.25) is 0 Å². The van der Waals surface area contributed by atoms with Crippen molar-refractivity contribution >= 4 is 29.9 Å². The largest absolute Gasteiger partial charge is 0.482 e. The Hall–Kier alpha value is -3.75. The molecule has 9 heteroatoms. The normalized spacial score (nSPS) is 9.81. The number of hydrogen-bond acceptors (Lipinski definition) is 6. The fraction of sp³-hybridized carbons (Fsp3) is 0.111. The summed E-state index contributed by atoms with van der Waals surface area (Å²) in [6.07, 6.45) is 0.666. The van der Waals surface area contributed by atoms with Crippen LogP contribution in [0.2, 0.25) is 0 Å². The second kappa shape index (κ2) is 9.66. The summed E-state index contributed by atoms with van der Waals surface area (Å²) < 4.78 is 23.2. The quantitative estimate of drug-likeness (QED) is 0.566. The number of amides is 3. The molecule has 2 aromatic rings. The van der Waals surface area contributed by atoms with E-state index in [0.29, 0.717) is 17.6 Å². The van der Waals surface area contributed by atoms with Gasteiger partial charge < -0.3 is 14.8 Å². The van der Waals surface area contributed by atoms with E-state index in [0.717, 1.165) is 6.07 Å². The maximum atomic E-state index is 13.4. The number of aldehydes is 1. The Balaban J connectivity index is 1.69. The number of halogens is 1. The highest BCUT2D eigenvalue weighted by atomic mass is 19.1. The molecule has 0 spiro atoms. The van der Waals surface area contributed by atoms with E-state index in [1.165, 1.54) is 42.5 Å². The van der Waals surface area contributed by atoms with Crippen molar-refractivity contribution in [3.8, 4) is 5.75 Å². The smallest absolute Gasteiger partial charge is 0.344 e. The van der Waals surface area contributed by atoms with E-state index in [9.17, 15) is 23.6 Å². The summed E-state index contributed by atoms with van der Waals surface area (Å²) in [4.78, 5) is 45.2. The molecule has 0 aliphatic rings. The number of rotatable bonds is 7. The molecule has 0 fully saturated rings. The molecule has 0 atom stereocenters. The number of imide groups is 1. The number of anilines is 1. The number of nitrogens with one attached hydrogen (secondary N) is 2. The number of carbonyl (C=O) groups is 4. The second-order valence-corrected chi connectivity index (χ2v) is 5.12. The third kappa shape index (κ3) is 6.58. The van der Waals surface area contributed by atoms with E-state index >= 15 is 0 Å². The van der Waals surface area contributed by atoms with Gasteiger partial charge in [-0.15, -0.1) is 0 Å². The molecule has 0 saturated carbocycles. The van der Waals surface area contributed by atoms with Gasteiger partial charge in [0.25, 0.3) is 5.91 Å². The summed E-state index contributed by atoms with van der Waals surface area (Å²) in [5, 5.41) is 4.04. The van der Waals surface area contributed by atoms with Crippen LogP contribution >= 0.6 is 0 Å². The standard InChI is InChI=1S/C18H15FN2O6/c19-14-3-1-2-4-15(14)20-18(25)21-16(23)10-27-17(24)11-26-13-7-5-12(9-22)6-8-13/h1-9H,10-11H2,(H2,20,21,23,25). The summed E-state index contributed by atoms with van der Waals surface area (Å²) in [6.45, 7) is -1.17. The Kier molecular flexibility index (Phi) is 7.00. The van der Waals surface area contributed by atoms with E-state index in [-0.39, 0.29) is 5.69 Å². The van der Waals surface area contributed by atoms with Crippen LogP contribution in [0.3, 0.4) is 0 Å². The first kappa shape index (κ1) is 19.6. The van der Waals surface area contributed by atoms with E-state index in [1.54, 1.807) is 0 Å². The first-order chi connectivity index (χ1) is 13.0. The molecule has 27 heavy (non-hydrogen) atoms. The molecule has 0 aromatic heterocycles. The zero-order chi connectivity index (χ0) is 19.6. The highest BCUT2D eigenvalue weighted by Gasteiger charge is 2.13. The van der Waals surface area contributed by atoms with Gasteiger partial charge in [-0.3, -0.25) is 14.9 Å². The van der Waals surface area contributed by atoms with Crippen LogP contribution < -0.4 is 15.4 Å². The fourth-order valence-electron chi connectivity index (χ4n) is 1.85. The molecule has 0 heterocycles. The van der Waals surface area contributed by atoms with Crippen LogP contribution in [-0.4, -0.2) is 37.4 Å². The molecule has 3 amide bonds. The van der Waals surface area contributed by atoms with Gasteiger partial charge in [-0.1, -0.05) is 12.1 Å². The number of para-hydroxylation sites is 1. The zero-order valence-corrected chi connectivity index (χ0v) is 13.9. The van der Waals surface area contributed by atoms with Crippen molar-refractivity contribution < 1.29 is 33.0 Å². The predicted molar refractivity (Wildman–Crippen MR) is 91.8 cm³/mol. The molecule has 8 nitrogen and oxygen atoms in total. The Labute approximate surface area is 153 Å². The molecule has 0 bridgehead atoms. The van der Waals surface area contributed by atoms with Crippen LogP contribution in [-0.2, 0) is 14.3 Å². The van der Waals surface area contributed by atoms with Crippen molar-refractivity contribution in [2.45, 2.75) is 0 Å². The van der Waals surface area contributed by atoms with E-state index in [4.69, 9.17) is 4.74 Å². The lowest BCUT2D eigenvalue weighted by atomic mass is 10.2. The van der Waals surface area contributed by atoms with Crippen molar-refractivity contribution in [2.75, 3.05) is 18.5 Å². The van der Waals surface area contributed by atoms with E-state index < -0.39 is 36.9 Å². The summed E-state index contributed by atoms with van der Waals surface area (Å²) in [7, 11) is 0. The lowest BCUT2D eigenvalue weighted by molar-refractivity contribution is -0.150. The summed E-state index contributed by atoms with van der Waals surface area (Å²) in [6, 6.07) is 10.5. The summed E-state index contributed by atoms with van der Waals surface area (Å²) in [5.41, 5.74) is 0.351. The lowest BCUT2D eigenvalue weighted by Crippen LogP contribution is -2.37. The second-order valence-electron chi connectivity index (χ2n) is 5.12. The monoisotopic (exact) mass is 374 g/mol.